The van der Waals surface area contributed by atoms with E-state index in [1.807, 2.05) is 0 Å². The highest BCUT2D eigenvalue weighted by Gasteiger charge is 2.51. The third kappa shape index (κ3) is 1.99. The number of hydrogen-bond donors (Lipinski definition) is 1. The highest BCUT2D eigenvalue weighted by atomic mass is 19.3. The van der Waals surface area contributed by atoms with Gasteiger partial charge in [-0.2, -0.15) is 0 Å². The Hall–Kier alpha value is -0.220. The van der Waals surface area contributed by atoms with Crippen LogP contribution in [0.15, 0.2) is 0 Å². The lowest BCUT2D eigenvalue weighted by atomic mass is 10.1. The van der Waals surface area contributed by atoms with E-state index in [-0.39, 0.29) is 0 Å². The van der Waals surface area contributed by atoms with Gasteiger partial charge in [0, 0.05) is 38.1 Å². The SMILES string of the molecule is FC(F)C1(CN2CCNCC2)CC1. The number of nitrogens with one attached hydrogen (secondary N) is 1. The number of hydrogen-bond acceptors (Lipinski definition) is 2. The van der Waals surface area contributed by atoms with Gasteiger partial charge >= 0.3 is 0 Å². The Morgan fingerprint density at radius 1 is 1.23 bits per heavy atom. The van der Waals surface area contributed by atoms with Gasteiger partial charge in [0.25, 0.3) is 0 Å². The van der Waals surface area contributed by atoms with Gasteiger partial charge in [-0.3, -0.25) is 0 Å². The molecule has 0 radical (unpaired) electrons. The summed E-state index contributed by atoms with van der Waals surface area (Å²) in [6.45, 7) is 4.34. The fourth-order valence-electron chi connectivity index (χ4n) is 1.92. The molecule has 1 N–H and O–H groups in total. The van der Waals surface area contributed by atoms with Crippen molar-refractivity contribution < 1.29 is 8.78 Å². The van der Waals surface area contributed by atoms with Crippen LogP contribution in [0.3, 0.4) is 0 Å². The number of piperazine rings is 1. The van der Waals surface area contributed by atoms with Gasteiger partial charge < -0.3 is 10.2 Å². The van der Waals surface area contributed by atoms with E-state index in [0.717, 1.165) is 26.2 Å². The molecule has 1 heterocycles. The summed E-state index contributed by atoms with van der Waals surface area (Å²) >= 11 is 0. The van der Waals surface area contributed by atoms with Crippen molar-refractivity contribution in [2.24, 2.45) is 5.41 Å². The quantitative estimate of drug-likeness (QED) is 0.712. The van der Waals surface area contributed by atoms with Crippen LogP contribution in [0, 0.1) is 5.41 Å². The van der Waals surface area contributed by atoms with Crippen molar-refractivity contribution >= 4 is 0 Å². The first-order valence-electron chi connectivity index (χ1n) is 4.94. The number of alkyl halides is 2. The summed E-state index contributed by atoms with van der Waals surface area (Å²) in [5.41, 5.74) is -0.628. The largest absolute Gasteiger partial charge is 0.314 e. The van der Waals surface area contributed by atoms with Crippen LogP contribution < -0.4 is 5.32 Å². The lowest BCUT2D eigenvalue weighted by Crippen LogP contribution is -2.46. The van der Waals surface area contributed by atoms with Crippen LogP contribution in [0.5, 0.6) is 0 Å². The van der Waals surface area contributed by atoms with Crippen molar-refractivity contribution in [3.8, 4) is 0 Å². The molecule has 0 unspecified atom stereocenters. The Morgan fingerprint density at radius 2 is 1.85 bits per heavy atom. The third-order valence-corrected chi connectivity index (χ3v) is 3.10. The molecule has 0 spiro atoms. The molecule has 4 heteroatoms. The van der Waals surface area contributed by atoms with Gasteiger partial charge in [0.1, 0.15) is 0 Å². The van der Waals surface area contributed by atoms with Crippen LogP contribution in [0.4, 0.5) is 8.78 Å². The number of rotatable bonds is 3. The van der Waals surface area contributed by atoms with E-state index in [4.69, 9.17) is 0 Å². The summed E-state index contributed by atoms with van der Waals surface area (Å²) in [7, 11) is 0. The zero-order valence-electron chi connectivity index (χ0n) is 7.73. The zero-order valence-corrected chi connectivity index (χ0v) is 7.73. The molecule has 2 aliphatic rings. The number of nitrogens with zero attached hydrogens (tertiary/aromatic N) is 1. The second-order valence-corrected chi connectivity index (χ2v) is 4.19. The van der Waals surface area contributed by atoms with E-state index in [0.29, 0.717) is 19.4 Å². The molecule has 2 nitrogen and oxygen atoms in total. The summed E-state index contributed by atoms with van der Waals surface area (Å²) in [5, 5.41) is 3.22. The van der Waals surface area contributed by atoms with Crippen LogP contribution in [0.2, 0.25) is 0 Å². The maximum atomic E-state index is 12.6. The molecular weight excluding hydrogens is 174 g/mol. The van der Waals surface area contributed by atoms with Gasteiger partial charge in [0.15, 0.2) is 0 Å². The van der Waals surface area contributed by atoms with Gasteiger partial charge in [-0.1, -0.05) is 0 Å². The lowest BCUT2D eigenvalue weighted by molar-refractivity contribution is 0.0338. The molecule has 1 aliphatic carbocycles. The van der Waals surface area contributed by atoms with Crippen molar-refractivity contribution in [2.75, 3.05) is 32.7 Å². The molecule has 0 bridgehead atoms. The van der Waals surface area contributed by atoms with Gasteiger partial charge in [-0.25, -0.2) is 8.78 Å². The van der Waals surface area contributed by atoms with E-state index in [2.05, 4.69) is 10.2 Å². The summed E-state index contributed by atoms with van der Waals surface area (Å²) < 4.78 is 25.2. The molecule has 1 saturated heterocycles. The second-order valence-electron chi connectivity index (χ2n) is 4.19. The van der Waals surface area contributed by atoms with Crippen LogP contribution >= 0.6 is 0 Å². The van der Waals surface area contributed by atoms with Crippen LogP contribution in [0.1, 0.15) is 12.8 Å². The van der Waals surface area contributed by atoms with Crippen molar-refractivity contribution in [3.05, 3.63) is 0 Å². The zero-order chi connectivity index (χ0) is 9.31. The summed E-state index contributed by atoms with van der Waals surface area (Å²) in [6, 6.07) is 0. The Labute approximate surface area is 77.3 Å². The van der Waals surface area contributed by atoms with Crippen molar-refractivity contribution in [1.82, 2.24) is 10.2 Å². The highest BCUT2D eigenvalue weighted by molar-refractivity contribution is 4.98. The molecule has 0 aromatic heterocycles. The first kappa shape index (κ1) is 9.34. The minimum absolute atomic E-state index is 0.604. The van der Waals surface area contributed by atoms with Crippen molar-refractivity contribution in [3.63, 3.8) is 0 Å². The Balaban J connectivity index is 1.82. The third-order valence-electron chi connectivity index (χ3n) is 3.10. The first-order chi connectivity index (χ1) is 6.23. The minimum atomic E-state index is -2.12. The normalized spacial score (nSPS) is 27.9. The molecule has 13 heavy (non-hydrogen) atoms. The van der Waals surface area contributed by atoms with Crippen LogP contribution in [-0.2, 0) is 0 Å². The maximum Gasteiger partial charge on any atom is 0.245 e. The smallest absolute Gasteiger partial charge is 0.245 e. The van der Waals surface area contributed by atoms with Crippen molar-refractivity contribution in [1.29, 1.82) is 0 Å². The average Bonchev–Trinajstić information content (AvgIpc) is 2.87. The monoisotopic (exact) mass is 190 g/mol. The van der Waals surface area contributed by atoms with Gasteiger partial charge in [-0.05, 0) is 12.8 Å². The van der Waals surface area contributed by atoms with E-state index in [1.165, 1.54) is 0 Å². The Kier molecular flexibility index (Phi) is 2.51. The van der Waals surface area contributed by atoms with Gasteiger partial charge in [-0.15, -0.1) is 0 Å². The molecule has 1 aliphatic heterocycles. The molecule has 1 saturated carbocycles. The van der Waals surface area contributed by atoms with E-state index in [1.54, 1.807) is 0 Å². The summed E-state index contributed by atoms with van der Waals surface area (Å²) in [6.07, 6.45) is -0.689. The lowest BCUT2D eigenvalue weighted by Gasteiger charge is -2.30. The van der Waals surface area contributed by atoms with Crippen molar-refractivity contribution in [2.45, 2.75) is 19.3 Å². The minimum Gasteiger partial charge on any atom is -0.314 e. The van der Waals surface area contributed by atoms with Crippen LogP contribution in [0.25, 0.3) is 0 Å². The molecule has 0 aromatic rings. The average molecular weight is 190 g/mol. The van der Waals surface area contributed by atoms with E-state index < -0.39 is 11.8 Å². The molecule has 0 aromatic carbocycles. The molecule has 2 rings (SSSR count). The molecule has 2 fully saturated rings. The molecular formula is C9H16F2N2. The van der Waals surface area contributed by atoms with E-state index >= 15 is 0 Å². The maximum absolute atomic E-state index is 12.6. The molecule has 0 atom stereocenters. The topological polar surface area (TPSA) is 15.3 Å². The second kappa shape index (κ2) is 3.50. The highest BCUT2D eigenvalue weighted by Crippen LogP contribution is 2.51. The Morgan fingerprint density at radius 3 is 2.31 bits per heavy atom. The first-order valence-corrected chi connectivity index (χ1v) is 4.94. The fraction of sp³-hybridized carbons (Fsp3) is 1.00. The predicted molar refractivity (Wildman–Crippen MR) is 47.0 cm³/mol. The summed E-state index contributed by atoms with van der Waals surface area (Å²) in [4.78, 5) is 2.16. The Bertz CT molecular complexity index is 174. The molecule has 0 amide bonds. The molecule has 76 valence electrons. The number of halogens is 2. The van der Waals surface area contributed by atoms with E-state index in [9.17, 15) is 8.78 Å². The van der Waals surface area contributed by atoms with Gasteiger partial charge in [0.2, 0.25) is 6.43 Å². The van der Waals surface area contributed by atoms with Crippen LogP contribution in [-0.4, -0.2) is 44.0 Å². The fourth-order valence-corrected chi connectivity index (χ4v) is 1.92. The summed E-state index contributed by atoms with van der Waals surface area (Å²) in [5.74, 6) is 0. The predicted octanol–water partition coefficient (Wildman–Crippen LogP) is 0.937. The van der Waals surface area contributed by atoms with Gasteiger partial charge in [0.05, 0.1) is 0 Å². The standard InChI is InChI=1S/C9H16F2N2/c10-8(11)9(1-2-9)7-13-5-3-12-4-6-13/h8,12H,1-7H2.